The Balaban J connectivity index is -0.000000643. The topological polar surface area (TPSA) is 12.0 Å². The van der Waals surface area contributed by atoms with E-state index in [1.165, 1.54) is 107 Å². The molecule has 0 atom stereocenters. The fourth-order valence-electron chi connectivity index (χ4n) is 11.7. The second kappa shape index (κ2) is 57.9. The average molecular weight is 1800 g/mol. The van der Waals surface area contributed by atoms with Crippen molar-refractivity contribution in [2.24, 2.45) is 0 Å². The summed E-state index contributed by atoms with van der Waals surface area (Å²) in [5.41, 5.74) is 0. The zero-order valence-corrected chi connectivity index (χ0v) is 67.2. The number of halogens is 5. The molecule has 0 heterocycles. The first-order valence-electron chi connectivity index (χ1n) is 32.2. The van der Waals surface area contributed by atoms with Crippen LogP contribution < -0.4 is 106 Å². The Kier molecular flexibility index (Phi) is 57.5. The Labute approximate surface area is 724 Å². The molecule has 110 heavy (non-hydrogen) atoms. The van der Waals surface area contributed by atoms with Crippen LogP contribution in [0.3, 0.4) is 0 Å². The van der Waals surface area contributed by atoms with Gasteiger partial charge in [0.1, 0.15) is 0 Å². The Bertz CT molecular complexity index is 4200. The molecule has 576 valence electrons. The SMILES string of the molecule is C.C.C.C.C.C.C.C.CNC.Cl.Cl.[Cl-].[Cl-].[Cl-].[Ru+2].[Ru+2].c1ccc(P(c2ccccc2)c2ccc3ccccc3c2)cc1.c1ccc(P(c2ccccc2)c2ccc3ccccc3c2)cc1.c1ccc(P(c2ccccc2)c2ccc3ccccc3c2)cc1.c1ccc(P(c2ccccc2)c2ccc3ccccc3c2)cc1. The summed E-state index contributed by atoms with van der Waals surface area (Å²) in [6, 6.07) is 149. The Morgan fingerprint density at radius 2 is 0.264 bits per heavy atom. The van der Waals surface area contributed by atoms with Gasteiger partial charge in [0.15, 0.2) is 0 Å². The maximum absolute atomic E-state index is 2.75. The largest absolute Gasteiger partial charge is 2.00 e. The van der Waals surface area contributed by atoms with Crippen molar-refractivity contribution >= 4 is 163 Å². The number of hydrogen-bond donors (Lipinski definition) is 1. The van der Waals surface area contributed by atoms with E-state index in [9.17, 15) is 0 Å². The molecule has 0 aromatic heterocycles. The molecule has 0 aliphatic carbocycles. The third-order valence-electron chi connectivity index (χ3n) is 16.1. The van der Waals surface area contributed by atoms with E-state index in [2.05, 4.69) is 418 Å². The Morgan fingerprint density at radius 3 is 0.391 bits per heavy atom. The van der Waals surface area contributed by atoms with Crippen molar-refractivity contribution in [2.45, 2.75) is 59.4 Å². The number of hydrogen-bond acceptors (Lipinski definition) is 1. The molecule has 16 rings (SSSR count). The fourth-order valence-corrected chi connectivity index (χ4v) is 21.0. The predicted molar refractivity (Wildman–Crippen MR) is 494 cm³/mol. The molecule has 12 heteroatoms. The van der Waals surface area contributed by atoms with Crippen LogP contribution in [0.15, 0.2) is 413 Å². The van der Waals surface area contributed by atoms with Crippen LogP contribution in [0.4, 0.5) is 0 Å². The van der Waals surface area contributed by atoms with Crippen LogP contribution >= 0.6 is 56.5 Å². The molecular formula is C98H109Cl5NP4Ru2+. The number of rotatable bonds is 12. The smallest absolute Gasteiger partial charge is 1.00 e. The Hall–Kier alpha value is -7.06. The van der Waals surface area contributed by atoms with Crippen LogP contribution in [0.2, 0.25) is 0 Å². The van der Waals surface area contributed by atoms with E-state index in [0.29, 0.717) is 0 Å². The Morgan fingerprint density at radius 1 is 0.155 bits per heavy atom. The fraction of sp³-hybridized carbons (Fsp3) is 0.102. The van der Waals surface area contributed by atoms with Gasteiger partial charge >= 0.3 is 39.0 Å². The van der Waals surface area contributed by atoms with Gasteiger partial charge in [-0.05, 0) is 177 Å². The van der Waals surface area contributed by atoms with Crippen molar-refractivity contribution in [3.8, 4) is 0 Å². The van der Waals surface area contributed by atoms with Crippen LogP contribution in [0.25, 0.3) is 43.1 Å². The minimum absolute atomic E-state index is 0. The minimum atomic E-state index is -0.519. The molecule has 0 bridgehead atoms. The zero-order chi connectivity index (χ0) is 64.6. The second-order valence-corrected chi connectivity index (χ2v) is 31.5. The van der Waals surface area contributed by atoms with E-state index in [-0.39, 0.29) is 160 Å². The first-order valence-corrected chi connectivity index (χ1v) is 37.6. The van der Waals surface area contributed by atoms with Crippen LogP contribution in [0, 0.1) is 0 Å². The van der Waals surface area contributed by atoms with Crippen LogP contribution in [-0.4, -0.2) is 14.1 Å². The number of fused-ring (bicyclic) bond motifs is 4. The van der Waals surface area contributed by atoms with Gasteiger partial charge in [0.2, 0.25) is 0 Å². The summed E-state index contributed by atoms with van der Waals surface area (Å²) in [5.74, 6) is 0. The molecule has 1 N–H and O–H groups in total. The maximum Gasteiger partial charge on any atom is 2.00 e. The summed E-state index contributed by atoms with van der Waals surface area (Å²) < 4.78 is 0. The summed E-state index contributed by atoms with van der Waals surface area (Å²) in [6.45, 7) is 0. The standard InChI is InChI=1S/4C22H17P.C2H7N.8CH4.5ClH.2Ru/c4*1-3-11-20(12-4-1)23(21-13-5-2-6-14-21)22-16-15-18-9-7-8-10-19(18)17-22;1-3-2;;;;;;;;;;;;;;;/h4*1-17H;3H,1-2H3;8*1H4;5*1H;;/q;;;;;;;;;;;;;;;;;;2*+2/p-3. The molecule has 0 spiro atoms. The van der Waals surface area contributed by atoms with Gasteiger partial charge in [-0.25, -0.2) is 0 Å². The summed E-state index contributed by atoms with van der Waals surface area (Å²) in [7, 11) is 1.67. The molecule has 0 unspecified atom stereocenters. The van der Waals surface area contributed by atoms with E-state index in [1.54, 1.807) is 0 Å². The molecule has 0 saturated heterocycles. The quantitative estimate of drug-likeness (QED) is 0.0950. The molecule has 1 nitrogen and oxygen atoms in total. The van der Waals surface area contributed by atoms with Gasteiger partial charge in [0.25, 0.3) is 0 Å². The molecule has 0 radical (unpaired) electrons. The van der Waals surface area contributed by atoms with E-state index >= 15 is 0 Å². The van der Waals surface area contributed by atoms with Gasteiger partial charge < -0.3 is 42.5 Å². The van der Waals surface area contributed by atoms with Gasteiger partial charge in [0, 0.05) is 0 Å². The first kappa shape index (κ1) is 109. The summed E-state index contributed by atoms with van der Waals surface area (Å²) in [4.78, 5) is 0. The summed E-state index contributed by atoms with van der Waals surface area (Å²) in [6.07, 6.45) is 0. The van der Waals surface area contributed by atoms with Gasteiger partial charge in [-0.1, -0.05) is 448 Å². The van der Waals surface area contributed by atoms with Crippen molar-refractivity contribution in [2.75, 3.05) is 14.1 Å². The molecule has 0 saturated carbocycles. The van der Waals surface area contributed by atoms with Crippen molar-refractivity contribution in [3.05, 3.63) is 413 Å². The molecule has 16 aromatic rings. The van der Waals surface area contributed by atoms with Crippen LogP contribution in [0.1, 0.15) is 59.4 Å². The van der Waals surface area contributed by atoms with Gasteiger partial charge in [0.05, 0.1) is 0 Å². The van der Waals surface area contributed by atoms with Crippen molar-refractivity contribution in [1.82, 2.24) is 5.32 Å². The third kappa shape index (κ3) is 29.5. The zero-order valence-electron chi connectivity index (χ0n) is 56.2. The molecule has 0 amide bonds. The predicted octanol–water partition coefficient (Wildman–Crippen LogP) is 15.2. The average Bonchev–Trinajstić information content (AvgIpc) is 0.817. The van der Waals surface area contributed by atoms with Crippen LogP contribution in [0.5, 0.6) is 0 Å². The molecule has 0 aliphatic rings. The van der Waals surface area contributed by atoms with Gasteiger partial charge in [-0.3, -0.25) is 0 Å². The molecule has 16 aromatic carbocycles. The first-order chi connectivity index (χ1) is 47.1. The molecule has 0 fully saturated rings. The number of nitrogens with one attached hydrogen (secondary N) is 1. The second-order valence-electron chi connectivity index (χ2n) is 22.7. The van der Waals surface area contributed by atoms with E-state index in [4.69, 9.17) is 0 Å². The van der Waals surface area contributed by atoms with Crippen molar-refractivity contribution < 1.29 is 76.2 Å². The monoisotopic (exact) mass is 1800 g/mol. The van der Waals surface area contributed by atoms with Crippen LogP contribution in [-0.2, 0) is 39.0 Å². The molecular weight excluding hydrogens is 1690 g/mol. The van der Waals surface area contributed by atoms with E-state index < -0.39 is 31.7 Å². The van der Waals surface area contributed by atoms with Crippen molar-refractivity contribution in [3.63, 3.8) is 0 Å². The maximum atomic E-state index is 2.75. The number of benzene rings is 16. The van der Waals surface area contributed by atoms with Gasteiger partial charge in [-0.15, -0.1) is 24.8 Å². The normalized spacial score (nSPS) is 9.36. The summed E-state index contributed by atoms with van der Waals surface area (Å²) in [5, 5.41) is 29.9. The van der Waals surface area contributed by atoms with Gasteiger partial charge in [-0.2, -0.15) is 0 Å². The minimum Gasteiger partial charge on any atom is -1.00 e. The third-order valence-corrected chi connectivity index (χ3v) is 25.8. The van der Waals surface area contributed by atoms with E-state index in [1.807, 2.05) is 14.1 Å². The summed E-state index contributed by atoms with van der Waals surface area (Å²) >= 11 is 0. The van der Waals surface area contributed by atoms with Crippen molar-refractivity contribution in [1.29, 1.82) is 0 Å². The molecule has 0 aliphatic heterocycles. The van der Waals surface area contributed by atoms with E-state index in [0.717, 1.165) is 0 Å².